The van der Waals surface area contributed by atoms with Gasteiger partial charge in [-0.1, -0.05) is 0 Å². The summed E-state index contributed by atoms with van der Waals surface area (Å²) in [5, 5.41) is 13.7. The Hall–Kier alpha value is -0.580. The van der Waals surface area contributed by atoms with Gasteiger partial charge in [-0.15, -0.1) is 6.26 Å². The van der Waals surface area contributed by atoms with Crippen molar-refractivity contribution in [2.75, 3.05) is 0 Å². The normalized spacial score (nSPS) is 9.75. The van der Waals surface area contributed by atoms with E-state index in [1.165, 1.54) is 10.9 Å². The summed E-state index contributed by atoms with van der Waals surface area (Å²) in [4.78, 5) is 10.9. The summed E-state index contributed by atoms with van der Waals surface area (Å²) < 4.78 is 1.51. The van der Waals surface area contributed by atoms with E-state index in [0.717, 1.165) is 6.08 Å². The Kier molecular flexibility index (Phi) is 4.89. The van der Waals surface area contributed by atoms with Crippen LogP contribution in [0.5, 0.6) is 0 Å². The molecule has 5 heteroatoms. The number of hydrogen-bond donors (Lipinski definition) is 0. The molecule has 0 radical (unpaired) electrons. The maximum Gasteiger partial charge on any atom is 1.00 e. The van der Waals surface area contributed by atoms with Crippen LogP contribution >= 0.6 is 0 Å². The van der Waals surface area contributed by atoms with E-state index in [-0.39, 0.29) is 35.3 Å². The zero-order valence-electron chi connectivity index (χ0n) is 7.02. The number of aryl methyl sites for hydroxylation is 1. The number of hydrogen-bond acceptors (Lipinski definition) is 3. The van der Waals surface area contributed by atoms with Gasteiger partial charge in [-0.3, -0.25) is 9.48 Å². The van der Waals surface area contributed by atoms with Gasteiger partial charge < -0.3 is 5.11 Å². The average Bonchev–Trinajstić information content (AvgIpc) is 2.36. The fraction of sp³-hybridized carbons (Fsp3) is 0.143. The molecule has 0 unspecified atom stereocenters. The number of nitrogens with zero attached hydrogens (tertiary/aromatic N) is 2. The minimum absolute atomic E-state index is 0. The first-order valence-corrected chi connectivity index (χ1v) is 3.05. The van der Waals surface area contributed by atoms with Crippen molar-refractivity contribution in [1.82, 2.24) is 9.78 Å². The van der Waals surface area contributed by atoms with Gasteiger partial charge in [0.25, 0.3) is 0 Å². The minimum atomic E-state index is -0.312. The molecular weight excluding hydrogens is 167 g/mol. The van der Waals surface area contributed by atoms with Crippen LogP contribution in [0.15, 0.2) is 24.7 Å². The molecule has 0 bridgehead atoms. The van der Waals surface area contributed by atoms with E-state index < -0.39 is 0 Å². The molecule has 0 N–H and O–H groups in total. The Bertz CT molecular complexity index is 293. The SMILES string of the molecule is Cn1cc(C(=O)C=C[O-])cn1.[Na+]. The topological polar surface area (TPSA) is 58.0 Å². The molecular formula is C7H7N2NaO2. The maximum atomic E-state index is 10.9. The average molecular weight is 174 g/mol. The zero-order chi connectivity index (χ0) is 8.27. The molecule has 0 saturated heterocycles. The summed E-state index contributed by atoms with van der Waals surface area (Å²) in [7, 11) is 1.71. The van der Waals surface area contributed by atoms with Gasteiger partial charge in [0.1, 0.15) is 0 Å². The molecule has 1 aromatic heterocycles. The van der Waals surface area contributed by atoms with Crippen molar-refractivity contribution in [3.8, 4) is 0 Å². The first kappa shape index (κ1) is 11.4. The van der Waals surface area contributed by atoms with Crippen LogP contribution in [0.2, 0.25) is 0 Å². The third-order valence-electron chi connectivity index (χ3n) is 1.21. The molecule has 12 heavy (non-hydrogen) atoms. The van der Waals surface area contributed by atoms with E-state index in [4.69, 9.17) is 0 Å². The standard InChI is InChI=1S/C7H8N2O2.Na/c1-9-5-6(4-8-9)7(11)2-3-10;/h2-5,10H,1H3;/q;+1/p-1. The first-order chi connectivity index (χ1) is 5.24. The second-order valence-electron chi connectivity index (χ2n) is 2.07. The molecule has 0 amide bonds. The Labute approximate surface area is 92.2 Å². The second kappa shape index (κ2) is 5.13. The van der Waals surface area contributed by atoms with E-state index in [1.54, 1.807) is 13.2 Å². The van der Waals surface area contributed by atoms with Gasteiger partial charge in [0.2, 0.25) is 0 Å². The molecule has 0 fully saturated rings. The molecule has 4 nitrogen and oxygen atoms in total. The number of rotatable bonds is 2. The Morgan fingerprint density at radius 2 is 2.42 bits per heavy atom. The van der Waals surface area contributed by atoms with Gasteiger partial charge in [0.15, 0.2) is 5.78 Å². The predicted octanol–water partition coefficient (Wildman–Crippen LogP) is -3.52. The molecule has 0 aliphatic heterocycles. The van der Waals surface area contributed by atoms with E-state index in [0.29, 0.717) is 11.8 Å². The van der Waals surface area contributed by atoms with Crippen molar-refractivity contribution < 1.29 is 39.5 Å². The monoisotopic (exact) mass is 174 g/mol. The summed E-state index contributed by atoms with van der Waals surface area (Å²) >= 11 is 0. The van der Waals surface area contributed by atoms with Crippen LogP contribution in [-0.2, 0) is 7.05 Å². The number of allylic oxidation sites excluding steroid dienone is 1. The summed E-state index contributed by atoms with van der Waals surface area (Å²) in [6, 6.07) is 0. The fourth-order valence-corrected chi connectivity index (χ4v) is 0.706. The Morgan fingerprint density at radius 3 is 2.83 bits per heavy atom. The van der Waals surface area contributed by atoms with Gasteiger partial charge in [-0.2, -0.15) is 5.10 Å². The molecule has 0 aromatic carbocycles. The van der Waals surface area contributed by atoms with Crippen LogP contribution in [-0.4, -0.2) is 15.6 Å². The minimum Gasteiger partial charge on any atom is -0.878 e. The molecule has 0 aliphatic carbocycles. The van der Waals surface area contributed by atoms with E-state index in [9.17, 15) is 9.90 Å². The molecule has 0 saturated carbocycles. The van der Waals surface area contributed by atoms with Gasteiger partial charge in [-0.05, 0) is 6.08 Å². The third-order valence-corrected chi connectivity index (χ3v) is 1.21. The summed E-state index contributed by atoms with van der Waals surface area (Å²) in [5.41, 5.74) is 0.430. The van der Waals surface area contributed by atoms with Crippen molar-refractivity contribution >= 4 is 5.78 Å². The summed E-state index contributed by atoms with van der Waals surface area (Å²) in [6.45, 7) is 0. The number of aromatic nitrogens is 2. The number of ketones is 1. The molecule has 1 heterocycles. The maximum absolute atomic E-state index is 10.9. The summed E-state index contributed by atoms with van der Waals surface area (Å²) in [6.07, 6.45) is 4.41. The van der Waals surface area contributed by atoms with Gasteiger partial charge in [0.05, 0.1) is 11.8 Å². The van der Waals surface area contributed by atoms with Crippen LogP contribution in [0.25, 0.3) is 0 Å². The molecule has 58 valence electrons. The van der Waals surface area contributed by atoms with Crippen molar-refractivity contribution in [3.63, 3.8) is 0 Å². The van der Waals surface area contributed by atoms with Crippen LogP contribution in [0, 0.1) is 0 Å². The smallest absolute Gasteiger partial charge is 0.878 e. The predicted molar refractivity (Wildman–Crippen MR) is 36.7 cm³/mol. The largest absolute Gasteiger partial charge is 1.00 e. The van der Waals surface area contributed by atoms with Crippen LogP contribution in [0.3, 0.4) is 0 Å². The van der Waals surface area contributed by atoms with Crippen LogP contribution in [0.4, 0.5) is 0 Å². The second-order valence-corrected chi connectivity index (χ2v) is 2.07. The number of carbonyl (C=O) groups is 1. The first-order valence-electron chi connectivity index (χ1n) is 3.05. The van der Waals surface area contributed by atoms with Gasteiger partial charge >= 0.3 is 29.6 Å². The Balaban J connectivity index is 0.00000121. The molecule has 1 rings (SSSR count). The number of carbonyl (C=O) groups excluding carboxylic acids is 1. The summed E-state index contributed by atoms with van der Waals surface area (Å²) in [5.74, 6) is -0.312. The van der Waals surface area contributed by atoms with Gasteiger partial charge in [-0.25, -0.2) is 0 Å². The van der Waals surface area contributed by atoms with Crippen molar-refractivity contribution in [3.05, 3.63) is 30.3 Å². The fourth-order valence-electron chi connectivity index (χ4n) is 0.706. The van der Waals surface area contributed by atoms with E-state index in [2.05, 4.69) is 5.10 Å². The Morgan fingerprint density at radius 1 is 1.75 bits per heavy atom. The quantitative estimate of drug-likeness (QED) is 0.202. The zero-order valence-corrected chi connectivity index (χ0v) is 9.02. The van der Waals surface area contributed by atoms with Crippen LogP contribution in [0.1, 0.15) is 10.4 Å². The van der Waals surface area contributed by atoms with Crippen molar-refractivity contribution in [2.45, 2.75) is 0 Å². The van der Waals surface area contributed by atoms with Crippen molar-refractivity contribution in [1.29, 1.82) is 0 Å². The van der Waals surface area contributed by atoms with Gasteiger partial charge in [0, 0.05) is 13.2 Å². The van der Waals surface area contributed by atoms with E-state index >= 15 is 0 Å². The molecule has 0 atom stereocenters. The van der Waals surface area contributed by atoms with Crippen LogP contribution < -0.4 is 34.7 Å². The van der Waals surface area contributed by atoms with Crippen molar-refractivity contribution in [2.24, 2.45) is 7.05 Å². The molecule has 1 aromatic rings. The van der Waals surface area contributed by atoms with E-state index in [1.807, 2.05) is 0 Å². The molecule has 0 spiro atoms. The third kappa shape index (κ3) is 2.81. The molecule has 0 aliphatic rings.